The summed E-state index contributed by atoms with van der Waals surface area (Å²) < 4.78 is 46.1. The Morgan fingerprint density at radius 1 is 1.00 bits per heavy atom. The maximum Gasteiger partial charge on any atom is 0.416 e. The van der Waals surface area contributed by atoms with E-state index in [0.717, 1.165) is 61.4 Å². The lowest BCUT2D eigenvalue weighted by Gasteiger charge is -2.35. The van der Waals surface area contributed by atoms with Crippen LogP contribution in [0.5, 0.6) is 0 Å². The number of aromatic nitrogens is 3. The molecule has 2 aliphatic heterocycles. The van der Waals surface area contributed by atoms with Crippen LogP contribution in [-0.4, -0.2) is 64.5 Å². The summed E-state index contributed by atoms with van der Waals surface area (Å²) in [5.74, 6) is 1.34. The van der Waals surface area contributed by atoms with Crippen LogP contribution in [0.2, 0.25) is 0 Å². The van der Waals surface area contributed by atoms with E-state index in [2.05, 4.69) is 32.1 Å². The molecule has 194 valence electrons. The van der Waals surface area contributed by atoms with Crippen LogP contribution in [0.1, 0.15) is 35.4 Å². The normalized spacial score (nSPS) is 18.8. The maximum atomic E-state index is 12.8. The minimum atomic E-state index is -4.38. The SMILES string of the molecule is Cc1cc(C2=NN(c3ccc(C(F)(F)F)cc3)CO2)nn1Cc1ccc(N2CCN(C3CC3)CC2)nc1. The number of benzene rings is 1. The lowest BCUT2D eigenvalue weighted by Crippen LogP contribution is -2.47. The van der Waals surface area contributed by atoms with Gasteiger partial charge in [-0.25, -0.2) is 9.99 Å². The first kappa shape index (κ1) is 23.8. The molecule has 1 aromatic carbocycles. The molecule has 4 heterocycles. The van der Waals surface area contributed by atoms with Crippen molar-refractivity contribution in [3.05, 3.63) is 71.2 Å². The molecule has 0 N–H and O–H groups in total. The molecule has 8 nitrogen and oxygen atoms in total. The van der Waals surface area contributed by atoms with E-state index in [-0.39, 0.29) is 6.73 Å². The number of rotatable bonds is 6. The van der Waals surface area contributed by atoms with E-state index in [1.807, 2.05) is 23.9 Å². The molecule has 2 fully saturated rings. The molecule has 1 saturated heterocycles. The molecule has 0 bridgehead atoms. The second kappa shape index (κ2) is 9.37. The number of alkyl halides is 3. The second-order valence-electron chi connectivity index (χ2n) is 9.73. The molecule has 37 heavy (non-hydrogen) atoms. The molecule has 0 radical (unpaired) electrons. The van der Waals surface area contributed by atoms with Crippen molar-refractivity contribution in [2.45, 2.75) is 38.5 Å². The number of hydrogen-bond acceptors (Lipinski definition) is 7. The Kier molecular flexibility index (Phi) is 6.02. The van der Waals surface area contributed by atoms with E-state index in [9.17, 15) is 13.2 Å². The van der Waals surface area contributed by atoms with Crippen molar-refractivity contribution in [2.24, 2.45) is 5.10 Å². The van der Waals surface area contributed by atoms with Gasteiger partial charge in [0.2, 0.25) is 0 Å². The third kappa shape index (κ3) is 5.13. The van der Waals surface area contributed by atoms with Crippen molar-refractivity contribution < 1.29 is 17.9 Å². The highest BCUT2D eigenvalue weighted by Gasteiger charge is 2.32. The van der Waals surface area contributed by atoms with Crippen LogP contribution < -0.4 is 9.91 Å². The predicted octanol–water partition coefficient (Wildman–Crippen LogP) is 4.09. The molecule has 0 spiro atoms. The summed E-state index contributed by atoms with van der Waals surface area (Å²) in [6.07, 6.45) is 0.218. The van der Waals surface area contributed by atoms with Gasteiger partial charge in [0.05, 0.1) is 17.8 Å². The molecule has 1 saturated carbocycles. The van der Waals surface area contributed by atoms with Crippen molar-refractivity contribution >= 4 is 17.4 Å². The first-order valence-corrected chi connectivity index (χ1v) is 12.5. The maximum absolute atomic E-state index is 12.8. The number of piperazine rings is 1. The number of anilines is 2. The molecule has 6 rings (SSSR count). The minimum Gasteiger partial charge on any atom is -0.452 e. The Hall–Kier alpha value is -3.60. The van der Waals surface area contributed by atoms with Gasteiger partial charge in [-0.3, -0.25) is 9.58 Å². The molecule has 0 amide bonds. The van der Waals surface area contributed by atoms with Crippen molar-refractivity contribution in [3.8, 4) is 0 Å². The van der Waals surface area contributed by atoms with Crippen LogP contribution >= 0.6 is 0 Å². The minimum absolute atomic E-state index is 0.104. The van der Waals surface area contributed by atoms with Crippen LogP contribution in [0.3, 0.4) is 0 Å². The summed E-state index contributed by atoms with van der Waals surface area (Å²) in [5, 5.41) is 10.6. The Morgan fingerprint density at radius 2 is 1.76 bits per heavy atom. The first-order chi connectivity index (χ1) is 17.8. The molecular formula is C26H28F3N7O. The second-order valence-corrected chi connectivity index (χ2v) is 9.73. The third-order valence-corrected chi connectivity index (χ3v) is 7.07. The summed E-state index contributed by atoms with van der Waals surface area (Å²) in [6, 6.07) is 11.7. The van der Waals surface area contributed by atoms with Gasteiger partial charge in [-0.05, 0) is 61.7 Å². The zero-order valence-electron chi connectivity index (χ0n) is 20.5. The van der Waals surface area contributed by atoms with Gasteiger partial charge in [-0.15, -0.1) is 5.10 Å². The van der Waals surface area contributed by atoms with Gasteiger partial charge >= 0.3 is 6.18 Å². The van der Waals surface area contributed by atoms with E-state index >= 15 is 0 Å². The fraction of sp³-hybridized carbons (Fsp3) is 0.423. The number of nitrogens with zero attached hydrogens (tertiary/aromatic N) is 7. The van der Waals surface area contributed by atoms with E-state index in [4.69, 9.17) is 9.72 Å². The van der Waals surface area contributed by atoms with Crippen LogP contribution in [-0.2, 0) is 17.5 Å². The highest BCUT2D eigenvalue weighted by Crippen LogP contribution is 2.31. The third-order valence-electron chi connectivity index (χ3n) is 7.07. The highest BCUT2D eigenvalue weighted by molar-refractivity contribution is 5.94. The zero-order valence-corrected chi connectivity index (χ0v) is 20.5. The highest BCUT2D eigenvalue weighted by atomic mass is 19.4. The molecule has 2 aromatic heterocycles. The van der Waals surface area contributed by atoms with Gasteiger partial charge in [-0.1, -0.05) is 6.07 Å². The van der Waals surface area contributed by atoms with Gasteiger partial charge in [0.15, 0.2) is 6.73 Å². The summed E-state index contributed by atoms with van der Waals surface area (Å²) in [6.45, 7) is 6.85. The number of halogens is 3. The average Bonchev–Trinajstić information content (AvgIpc) is 3.52. The van der Waals surface area contributed by atoms with Gasteiger partial charge in [0.1, 0.15) is 11.5 Å². The van der Waals surface area contributed by atoms with Crippen molar-refractivity contribution in [3.63, 3.8) is 0 Å². The fourth-order valence-corrected chi connectivity index (χ4v) is 4.77. The van der Waals surface area contributed by atoms with Gasteiger partial charge in [0, 0.05) is 44.1 Å². The van der Waals surface area contributed by atoms with E-state index < -0.39 is 11.7 Å². The van der Waals surface area contributed by atoms with Crippen molar-refractivity contribution in [1.82, 2.24) is 19.7 Å². The van der Waals surface area contributed by atoms with E-state index in [0.29, 0.717) is 23.8 Å². The number of hydrazone groups is 1. The average molecular weight is 512 g/mol. The topological polar surface area (TPSA) is 62.0 Å². The number of ether oxygens (including phenoxy) is 1. The Bertz CT molecular complexity index is 1270. The summed E-state index contributed by atoms with van der Waals surface area (Å²) in [5.41, 5.74) is 2.37. The van der Waals surface area contributed by atoms with Crippen LogP contribution in [0.4, 0.5) is 24.7 Å². The Morgan fingerprint density at radius 3 is 2.41 bits per heavy atom. The number of aryl methyl sites for hydroxylation is 1. The zero-order chi connectivity index (χ0) is 25.6. The van der Waals surface area contributed by atoms with Gasteiger partial charge in [-0.2, -0.15) is 18.3 Å². The van der Waals surface area contributed by atoms with Crippen molar-refractivity contribution in [1.29, 1.82) is 0 Å². The van der Waals surface area contributed by atoms with Gasteiger partial charge < -0.3 is 9.64 Å². The molecule has 11 heteroatoms. The van der Waals surface area contributed by atoms with Crippen LogP contribution in [0, 0.1) is 6.92 Å². The lowest BCUT2D eigenvalue weighted by atomic mass is 10.2. The predicted molar refractivity (Wildman–Crippen MR) is 134 cm³/mol. The van der Waals surface area contributed by atoms with Gasteiger partial charge in [0.25, 0.3) is 5.90 Å². The van der Waals surface area contributed by atoms with Crippen LogP contribution in [0.25, 0.3) is 0 Å². The Labute approximate surface area is 212 Å². The fourth-order valence-electron chi connectivity index (χ4n) is 4.77. The van der Waals surface area contributed by atoms with E-state index in [1.54, 1.807) is 0 Å². The van der Waals surface area contributed by atoms with Crippen LogP contribution in [0.15, 0.2) is 53.8 Å². The summed E-state index contributed by atoms with van der Waals surface area (Å²) >= 11 is 0. The molecule has 1 aliphatic carbocycles. The monoisotopic (exact) mass is 511 g/mol. The molecule has 3 aliphatic rings. The lowest BCUT2D eigenvalue weighted by molar-refractivity contribution is -0.137. The largest absolute Gasteiger partial charge is 0.452 e. The standard InChI is InChI=1S/C26H28F3N7O/c1-18-14-23(25-32-36(17-37-25)22-5-3-20(4-6-22)26(27,28)29)31-35(18)16-19-2-9-24(30-15-19)34-12-10-33(11-13-34)21-7-8-21/h2-6,9,14-15,21H,7-8,10-13,16-17H2,1H3. The first-order valence-electron chi connectivity index (χ1n) is 12.5. The number of hydrogen-bond donors (Lipinski definition) is 0. The van der Waals surface area contributed by atoms with Crippen molar-refractivity contribution in [2.75, 3.05) is 42.8 Å². The summed E-state index contributed by atoms with van der Waals surface area (Å²) in [4.78, 5) is 9.64. The number of pyridine rings is 1. The molecule has 3 aromatic rings. The summed E-state index contributed by atoms with van der Waals surface area (Å²) in [7, 11) is 0. The smallest absolute Gasteiger partial charge is 0.416 e. The quantitative estimate of drug-likeness (QED) is 0.497. The van der Waals surface area contributed by atoms with E-state index in [1.165, 1.54) is 30.0 Å². The molecule has 0 unspecified atom stereocenters. The molecule has 0 atom stereocenters. The Balaban J connectivity index is 1.09. The molecular weight excluding hydrogens is 483 g/mol.